The number of carbonyl (C=O) groups is 1. The Bertz CT molecular complexity index is 657. The fourth-order valence-corrected chi connectivity index (χ4v) is 2.67. The van der Waals surface area contributed by atoms with Crippen molar-refractivity contribution in [2.24, 2.45) is 5.73 Å². The number of rotatable bonds is 3. The van der Waals surface area contributed by atoms with E-state index >= 15 is 0 Å². The normalized spacial score (nSPS) is 12.0. The molecule has 0 saturated carbocycles. The molecule has 0 fully saturated rings. The summed E-state index contributed by atoms with van der Waals surface area (Å²) in [4.78, 5) is 19.6. The Hall–Kier alpha value is -2.11. The maximum absolute atomic E-state index is 11.3. The van der Waals surface area contributed by atoms with Gasteiger partial charge in [-0.05, 0) is 33.3 Å². The van der Waals surface area contributed by atoms with Crippen molar-refractivity contribution in [2.45, 2.75) is 39.7 Å². The number of hydrogen-bond donors (Lipinski definition) is 2. The van der Waals surface area contributed by atoms with Crippen molar-refractivity contribution in [3.8, 4) is 0 Å². The van der Waals surface area contributed by atoms with E-state index in [1.54, 1.807) is 0 Å². The molecule has 0 atom stereocenters. The van der Waals surface area contributed by atoms with Crippen LogP contribution in [0.1, 0.15) is 31.5 Å². The van der Waals surface area contributed by atoms with Gasteiger partial charge in [-0.2, -0.15) is 0 Å². The van der Waals surface area contributed by atoms with Crippen LogP contribution in [-0.2, 0) is 10.3 Å². The van der Waals surface area contributed by atoms with E-state index in [1.807, 2.05) is 32.3 Å². The molecule has 0 aliphatic carbocycles. The molecule has 2 aromatic rings. The molecule has 0 aliphatic rings. The summed E-state index contributed by atoms with van der Waals surface area (Å²) in [5.41, 5.74) is 13.6. The lowest BCUT2D eigenvalue weighted by Crippen LogP contribution is -2.33. The summed E-state index contributed by atoms with van der Waals surface area (Å²) < 4.78 is 2.01. The van der Waals surface area contributed by atoms with E-state index < -0.39 is 5.54 Å². The zero-order valence-electron chi connectivity index (χ0n) is 11.7. The minimum atomic E-state index is -0.455. The van der Waals surface area contributed by atoms with E-state index in [0.29, 0.717) is 5.82 Å². The second-order valence-electron chi connectivity index (χ2n) is 5.46. The first-order valence-electron chi connectivity index (χ1n) is 6.12. The van der Waals surface area contributed by atoms with Gasteiger partial charge in [0.15, 0.2) is 0 Å². The van der Waals surface area contributed by atoms with Crippen LogP contribution in [0.5, 0.6) is 0 Å². The molecule has 0 saturated heterocycles. The molecular weight excluding hydrogens is 242 g/mol. The highest BCUT2D eigenvalue weighted by Crippen LogP contribution is 2.33. The highest BCUT2D eigenvalue weighted by atomic mass is 16.1. The number of carbonyl (C=O) groups excluding carboxylic acids is 1. The molecule has 2 aromatic heterocycles. The van der Waals surface area contributed by atoms with Crippen LogP contribution in [-0.4, -0.2) is 20.4 Å². The van der Waals surface area contributed by atoms with E-state index in [0.717, 1.165) is 22.3 Å². The van der Waals surface area contributed by atoms with Gasteiger partial charge in [-0.1, -0.05) is 0 Å². The zero-order chi connectivity index (χ0) is 14.4. The first-order valence-corrected chi connectivity index (χ1v) is 6.12. The monoisotopic (exact) mass is 261 g/mol. The minimum Gasteiger partial charge on any atom is -0.383 e. The van der Waals surface area contributed by atoms with Gasteiger partial charge in [-0.25, -0.2) is 9.97 Å². The summed E-state index contributed by atoms with van der Waals surface area (Å²) in [6.45, 7) is 7.89. The van der Waals surface area contributed by atoms with E-state index in [2.05, 4.69) is 9.97 Å². The van der Waals surface area contributed by atoms with Gasteiger partial charge in [-0.3, -0.25) is 4.79 Å². The largest absolute Gasteiger partial charge is 0.383 e. The smallest absolute Gasteiger partial charge is 0.219 e. The number of hydrogen-bond acceptors (Lipinski definition) is 4. The lowest BCUT2D eigenvalue weighted by molar-refractivity contribution is -0.119. The number of anilines is 1. The molecule has 2 rings (SSSR count). The predicted octanol–water partition coefficient (Wildman–Crippen LogP) is 1.24. The molecule has 0 aliphatic heterocycles. The van der Waals surface area contributed by atoms with Crippen LogP contribution in [0.15, 0.2) is 6.33 Å². The molecule has 6 heteroatoms. The van der Waals surface area contributed by atoms with Crippen LogP contribution >= 0.6 is 0 Å². The van der Waals surface area contributed by atoms with Gasteiger partial charge in [0, 0.05) is 17.7 Å². The Morgan fingerprint density at radius 3 is 2.58 bits per heavy atom. The molecule has 4 N–H and O–H groups in total. The topological polar surface area (TPSA) is 99.8 Å². The van der Waals surface area contributed by atoms with Crippen molar-refractivity contribution in [3.05, 3.63) is 17.6 Å². The molecular formula is C13H19N5O. The Morgan fingerprint density at radius 1 is 1.37 bits per heavy atom. The molecule has 0 bridgehead atoms. The Kier molecular flexibility index (Phi) is 2.96. The average Bonchev–Trinajstić information content (AvgIpc) is 2.51. The molecule has 1 amide bonds. The van der Waals surface area contributed by atoms with Crippen LogP contribution in [0, 0.1) is 13.8 Å². The molecule has 0 radical (unpaired) electrons. The van der Waals surface area contributed by atoms with Crippen LogP contribution < -0.4 is 11.5 Å². The van der Waals surface area contributed by atoms with Gasteiger partial charge < -0.3 is 16.0 Å². The summed E-state index contributed by atoms with van der Waals surface area (Å²) in [5, 5.41) is 0.845. The van der Waals surface area contributed by atoms with Crippen molar-refractivity contribution >= 4 is 22.8 Å². The number of amides is 1. The fourth-order valence-electron chi connectivity index (χ4n) is 2.67. The predicted molar refractivity (Wildman–Crippen MR) is 74.5 cm³/mol. The Morgan fingerprint density at radius 2 is 2.00 bits per heavy atom. The lowest BCUT2D eigenvalue weighted by Gasteiger charge is -2.28. The van der Waals surface area contributed by atoms with Gasteiger partial charge in [0.2, 0.25) is 5.91 Å². The summed E-state index contributed by atoms with van der Waals surface area (Å²) in [6, 6.07) is 0. The number of nitrogens with zero attached hydrogens (tertiary/aromatic N) is 3. The number of aryl methyl sites for hydroxylation is 1. The summed E-state index contributed by atoms with van der Waals surface area (Å²) >= 11 is 0. The Balaban J connectivity index is 2.77. The number of fused-ring (bicyclic) bond motifs is 1. The third kappa shape index (κ3) is 2.03. The fraction of sp³-hybridized carbons (Fsp3) is 0.462. The highest BCUT2D eigenvalue weighted by Gasteiger charge is 2.28. The van der Waals surface area contributed by atoms with Gasteiger partial charge in [0.25, 0.3) is 0 Å². The SMILES string of the molecule is Cc1c(C)n(C(C)(C)CC(N)=O)c2ncnc(N)c12. The van der Waals surface area contributed by atoms with Gasteiger partial charge in [-0.15, -0.1) is 0 Å². The molecule has 2 heterocycles. The Labute approximate surface area is 111 Å². The van der Waals surface area contributed by atoms with Crippen molar-refractivity contribution in [2.75, 3.05) is 5.73 Å². The van der Waals surface area contributed by atoms with Gasteiger partial charge in [0.05, 0.1) is 5.39 Å². The third-order valence-electron chi connectivity index (χ3n) is 3.53. The van der Waals surface area contributed by atoms with E-state index in [4.69, 9.17) is 11.5 Å². The van der Waals surface area contributed by atoms with Crippen LogP contribution in [0.2, 0.25) is 0 Å². The second-order valence-corrected chi connectivity index (χ2v) is 5.46. The molecule has 0 unspecified atom stereocenters. The molecule has 19 heavy (non-hydrogen) atoms. The van der Waals surface area contributed by atoms with Crippen LogP contribution in [0.3, 0.4) is 0 Å². The molecule has 0 aromatic carbocycles. The van der Waals surface area contributed by atoms with Gasteiger partial charge in [0.1, 0.15) is 17.8 Å². The van der Waals surface area contributed by atoms with Crippen molar-refractivity contribution in [1.29, 1.82) is 0 Å². The number of primary amides is 1. The van der Waals surface area contributed by atoms with Crippen LogP contribution in [0.25, 0.3) is 11.0 Å². The van der Waals surface area contributed by atoms with E-state index in [1.165, 1.54) is 6.33 Å². The van der Waals surface area contributed by atoms with E-state index in [9.17, 15) is 4.79 Å². The molecule has 0 spiro atoms. The maximum atomic E-state index is 11.3. The van der Waals surface area contributed by atoms with Crippen molar-refractivity contribution < 1.29 is 4.79 Å². The van der Waals surface area contributed by atoms with Crippen LogP contribution in [0.4, 0.5) is 5.82 Å². The number of nitrogen functional groups attached to an aromatic ring is 1. The second kappa shape index (κ2) is 4.22. The number of nitrogens with two attached hydrogens (primary N) is 2. The van der Waals surface area contributed by atoms with E-state index in [-0.39, 0.29) is 12.3 Å². The zero-order valence-corrected chi connectivity index (χ0v) is 11.7. The quantitative estimate of drug-likeness (QED) is 0.868. The summed E-state index contributed by atoms with van der Waals surface area (Å²) in [5.74, 6) is 0.116. The average molecular weight is 261 g/mol. The summed E-state index contributed by atoms with van der Waals surface area (Å²) in [6.07, 6.45) is 1.67. The van der Waals surface area contributed by atoms with Crippen molar-refractivity contribution in [3.63, 3.8) is 0 Å². The third-order valence-corrected chi connectivity index (χ3v) is 3.53. The first-order chi connectivity index (χ1) is 8.75. The molecule has 102 valence electrons. The lowest BCUT2D eigenvalue weighted by atomic mass is 9.99. The minimum absolute atomic E-state index is 0.237. The molecule has 6 nitrogen and oxygen atoms in total. The maximum Gasteiger partial charge on any atom is 0.219 e. The van der Waals surface area contributed by atoms with Crippen molar-refractivity contribution in [1.82, 2.24) is 14.5 Å². The highest BCUT2D eigenvalue weighted by molar-refractivity contribution is 5.91. The summed E-state index contributed by atoms with van der Waals surface area (Å²) in [7, 11) is 0. The first kappa shape index (κ1) is 13.3. The van der Waals surface area contributed by atoms with Gasteiger partial charge >= 0.3 is 0 Å². The number of aromatic nitrogens is 3. The standard InChI is InChI=1S/C13H19N5O/c1-7-8(2)18(13(3,4)5-9(14)19)12-10(7)11(15)16-6-17-12/h6H,5H2,1-4H3,(H2,14,19)(H2,15,16,17).